The third kappa shape index (κ3) is 3.67. The Balaban J connectivity index is 1.20. The normalized spacial score (nSPS) is 24.9. The highest BCUT2D eigenvalue weighted by atomic mass is 16.6. The number of carbonyl (C=O) groups is 1. The fourth-order valence-electron chi connectivity index (χ4n) is 6.34. The van der Waals surface area contributed by atoms with Crippen LogP contribution in [0, 0.1) is 11.3 Å². The molecule has 1 N–H and O–H groups in total. The first-order chi connectivity index (χ1) is 17.1. The Morgan fingerprint density at radius 1 is 1.03 bits per heavy atom. The number of aliphatic hydroxyl groups is 1. The van der Waals surface area contributed by atoms with Crippen LogP contribution in [0.4, 0.5) is 4.79 Å². The van der Waals surface area contributed by atoms with Gasteiger partial charge >= 0.3 is 6.09 Å². The first-order valence-electron chi connectivity index (χ1n) is 12.3. The Morgan fingerprint density at radius 3 is 2.23 bits per heavy atom. The second kappa shape index (κ2) is 8.51. The number of nitriles is 1. The predicted octanol–water partition coefficient (Wildman–Crippen LogP) is 5.11. The van der Waals surface area contributed by atoms with Crippen molar-refractivity contribution in [3.05, 3.63) is 89.2 Å². The van der Waals surface area contributed by atoms with Gasteiger partial charge in [0.15, 0.2) is 0 Å². The Kier molecular flexibility index (Phi) is 5.31. The van der Waals surface area contributed by atoms with Gasteiger partial charge in [-0.2, -0.15) is 5.26 Å². The van der Waals surface area contributed by atoms with Crippen LogP contribution in [0.15, 0.2) is 66.9 Å². The van der Waals surface area contributed by atoms with Crippen molar-refractivity contribution >= 4 is 6.09 Å². The highest BCUT2D eigenvalue weighted by Gasteiger charge is 2.49. The molecular formula is C29H27N3O3. The zero-order valence-corrected chi connectivity index (χ0v) is 19.4. The molecule has 6 nitrogen and oxygen atoms in total. The smallest absolute Gasteiger partial charge is 0.410 e. The lowest BCUT2D eigenvalue weighted by Gasteiger charge is -2.51. The van der Waals surface area contributed by atoms with E-state index in [1.54, 1.807) is 12.1 Å². The van der Waals surface area contributed by atoms with Crippen LogP contribution in [0.2, 0.25) is 0 Å². The lowest BCUT2D eigenvalue weighted by atomic mass is 9.74. The SMILES string of the molecule is N#Cc1ccc(C2(O)CC3CCCC(C2)N3C(=O)OCC2c3ccccc3-c3ccccc32)nc1. The Morgan fingerprint density at radius 2 is 1.66 bits per heavy atom. The summed E-state index contributed by atoms with van der Waals surface area (Å²) >= 11 is 0. The van der Waals surface area contributed by atoms with Gasteiger partial charge in [0.2, 0.25) is 0 Å². The van der Waals surface area contributed by atoms with E-state index in [0.717, 1.165) is 19.3 Å². The maximum absolute atomic E-state index is 13.4. The van der Waals surface area contributed by atoms with Crippen molar-refractivity contribution < 1.29 is 14.6 Å². The number of nitrogens with zero attached hydrogens (tertiary/aromatic N) is 3. The first-order valence-corrected chi connectivity index (χ1v) is 12.3. The quantitative estimate of drug-likeness (QED) is 0.581. The standard InChI is InChI=1S/C29H27N3O3/c30-16-19-12-13-27(31-17-19)29(34)14-20-6-5-7-21(15-29)32(20)28(33)35-18-26-24-10-3-1-8-22(24)23-9-2-4-11-25(23)26/h1-4,8-13,17,20-21,26,34H,5-7,14-15,18H2. The number of benzene rings is 2. The first kappa shape index (κ1) is 21.8. The van der Waals surface area contributed by atoms with Gasteiger partial charge < -0.3 is 14.7 Å². The van der Waals surface area contributed by atoms with Gasteiger partial charge in [0.25, 0.3) is 0 Å². The molecule has 2 unspecified atom stereocenters. The molecule has 0 radical (unpaired) electrons. The molecule has 35 heavy (non-hydrogen) atoms. The fraction of sp³-hybridized carbons (Fsp3) is 0.345. The number of fused-ring (bicyclic) bond motifs is 5. The van der Waals surface area contributed by atoms with Crippen LogP contribution in [0.25, 0.3) is 11.1 Å². The highest BCUT2D eigenvalue weighted by Crippen LogP contribution is 2.46. The van der Waals surface area contributed by atoms with Gasteiger partial charge in [-0.25, -0.2) is 4.79 Å². The molecule has 2 saturated heterocycles. The third-order valence-corrected chi connectivity index (χ3v) is 7.92. The van der Waals surface area contributed by atoms with Crippen molar-refractivity contribution in [2.75, 3.05) is 6.61 Å². The number of pyridine rings is 1. The Hall–Kier alpha value is -3.69. The number of carbonyl (C=O) groups excluding carboxylic acids is 1. The Bertz CT molecular complexity index is 1250. The summed E-state index contributed by atoms with van der Waals surface area (Å²) in [5, 5.41) is 20.6. The highest BCUT2D eigenvalue weighted by molar-refractivity contribution is 5.79. The largest absolute Gasteiger partial charge is 0.448 e. The molecule has 3 aromatic rings. The van der Waals surface area contributed by atoms with Gasteiger partial charge in [-0.05, 0) is 53.6 Å². The molecule has 2 bridgehead atoms. The van der Waals surface area contributed by atoms with Gasteiger partial charge in [-0.15, -0.1) is 0 Å². The number of hydrogen-bond acceptors (Lipinski definition) is 5. The summed E-state index contributed by atoms with van der Waals surface area (Å²) in [6.07, 6.45) is 4.74. The molecule has 6 rings (SSSR count). The molecule has 6 heteroatoms. The molecule has 176 valence electrons. The van der Waals surface area contributed by atoms with E-state index in [1.807, 2.05) is 29.2 Å². The second-order valence-corrected chi connectivity index (χ2v) is 9.93. The molecular weight excluding hydrogens is 438 g/mol. The van der Waals surface area contributed by atoms with E-state index in [2.05, 4.69) is 35.3 Å². The van der Waals surface area contributed by atoms with E-state index in [9.17, 15) is 9.90 Å². The zero-order chi connectivity index (χ0) is 24.0. The maximum Gasteiger partial charge on any atom is 0.410 e. The topological polar surface area (TPSA) is 86.5 Å². The average Bonchev–Trinajstić information content (AvgIpc) is 3.20. The summed E-state index contributed by atoms with van der Waals surface area (Å²) in [5.41, 5.74) is 4.74. The van der Waals surface area contributed by atoms with Crippen LogP contribution < -0.4 is 0 Å². The fourth-order valence-corrected chi connectivity index (χ4v) is 6.34. The van der Waals surface area contributed by atoms with Crippen molar-refractivity contribution in [2.45, 2.75) is 55.7 Å². The van der Waals surface area contributed by atoms with Crippen LogP contribution in [0.5, 0.6) is 0 Å². The summed E-state index contributed by atoms with van der Waals surface area (Å²) in [6.45, 7) is 0.296. The summed E-state index contributed by atoms with van der Waals surface area (Å²) in [7, 11) is 0. The molecule has 0 spiro atoms. The maximum atomic E-state index is 13.4. The van der Waals surface area contributed by atoms with Crippen LogP contribution in [-0.4, -0.2) is 39.8 Å². The summed E-state index contributed by atoms with van der Waals surface area (Å²) in [6, 6.07) is 21.9. The average molecular weight is 466 g/mol. The minimum atomic E-state index is -1.11. The summed E-state index contributed by atoms with van der Waals surface area (Å²) in [5.74, 6) is 0.0239. The molecule has 3 heterocycles. The Labute approximate surface area is 204 Å². The zero-order valence-electron chi connectivity index (χ0n) is 19.4. The molecule has 0 saturated carbocycles. The minimum absolute atomic E-state index is 0.0239. The van der Waals surface area contributed by atoms with Gasteiger partial charge in [0, 0.05) is 37.0 Å². The molecule has 3 aliphatic rings. The van der Waals surface area contributed by atoms with Gasteiger partial charge in [-0.1, -0.05) is 48.5 Å². The van der Waals surface area contributed by atoms with E-state index in [1.165, 1.54) is 28.5 Å². The molecule has 1 amide bonds. The van der Waals surface area contributed by atoms with Crippen LogP contribution in [0.3, 0.4) is 0 Å². The van der Waals surface area contributed by atoms with Crippen molar-refractivity contribution in [1.29, 1.82) is 5.26 Å². The van der Waals surface area contributed by atoms with Gasteiger partial charge in [0.05, 0.1) is 11.3 Å². The van der Waals surface area contributed by atoms with Crippen molar-refractivity contribution in [3.8, 4) is 17.2 Å². The van der Waals surface area contributed by atoms with Gasteiger partial charge in [-0.3, -0.25) is 4.98 Å². The number of ether oxygens (including phenoxy) is 1. The molecule has 2 fully saturated rings. The molecule has 2 aromatic carbocycles. The minimum Gasteiger partial charge on any atom is -0.448 e. The number of hydrogen-bond donors (Lipinski definition) is 1. The number of amides is 1. The molecule has 2 atom stereocenters. The van der Waals surface area contributed by atoms with E-state index in [4.69, 9.17) is 10.00 Å². The van der Waals surface area contributed by atoms with Crippen LogP contribution in [-0.2, 0) is 10.3 Å². The lowest BCUT2D eigenvalue weighted by Crippen LogP contribution is -2.59. The van der Waals surface area contributed by atoms with Crippen molar-refractivity contribution in [3.63, 3.8) is 0 Å². The number of rotatable bonds is 3. The van der Waals surface area contributed by atoms with E-state index >= 15 is 0 Å². The number of aromatic nitrogens is 1. The van der Waals surface area contributed by atoms with Crippen molar-refractivity contribution in [2.24, 2.45) is 0 Å². The molecule has 2 aliphatic heterocycles. The monoisotopic (exact) mass is 465 g/mol. The van der Waals surface area contributed by atoms with E-state index < -0.39 is 5.60 Å². The van der Waals surface area contributed by atoms with Gasteiger partial charge in [0.1, 0.15) is 18.3 Å². The summed E-state index contributed by atoms with van der Waals surface area (Å²) < 4.78 is 5.97. The van der Waals surface area contributed by atoms with E-state index in [-0.39, 0.29) is 24.1 Å². The number of piperidine rings is 2. The van der Waals surface area contributed by atoms with Crippen LogP contribution >= 0.6 is 0 Å². The van der Waals surface area contributed by atoms with E-state index in [0.29, 0.717) is 30.7 Å². The van der Waals surface area contributed by atoms with Crippen LogP contribution in [0.1, 0.15) is 60.4 Å². The van der Waals surface area contributed by atoms with Crippen molar-refractivity contribution in [1.82, 2.24) is 9.88 Å². The molecule has 1 aromatic heterocycles. The molecule has 1 aliphatic carbocycles. The lowest BCUT2D eigenvalue weighted by molar-refractivity contribution is -0.0913. The second-order valence-electron chi connectivity index (χ2n) is 9.93. The predicted molar refractivity (Wildman–Crippen MR) is 130 cm³/mol. The third-order valence-electron chi connectivity index (χ3n) is 7.92. The summed E-state index contributed by atoms with van der Waals surface area (Å²) in [4.78, 5) is 19.6.